The molecule has 0 aromatic heterocycles. The molecule has 2 nitrogen and oxygen atoms in total. The Kier molecular flexibility index (Phi) is 7.35. The summed E-state index contributed by atoms with van der Waals surface area (Å²) in [4.78, 5) is 0. The molecule has 0 aliphatic carbocycles. The van der Waals surface area contributed by atoms with E-state index in [0.717, 1.165) is 35.1 Å². The Morgan fingerprint density at radius 2 is 2.00 bits per heavy atom. The van der Waals surface area contributed by atoms with Crippen molar-refractivity contribution in [1.29, 1.82) is 0 Å². The predicted molar refractivity (Wildman–Crippen MR) is 79.5 cm³/mol. The SMILES string of the molecule is CC(C)NCCOCCc1cc(Br)ccc1Br. The third kappa shape index (κ3) is 6.55. The van der Waals surface area contributed by atoms with Crippen molar-refractivity contribution in [2.75, 3.05) is 19.8 Å². The minimum atomic E-state index is 0.526. The van der Waals surface area contributed by atoms with Crippen LogP contribution in [-0.2, 0) is 11.2 Å². The molecule has 17 heavy (non-hydrogen) atoms. The molecule has 1 aromatic carbocycles. The number of nitrogens with one attached hydrogen (secondary N) is 1. The van der Waals surface area contributed by atoms with E-state index in [1.54, 1.807) is 0 Å². The highest BCUT2D eigenvalue weighted by Crippen LogP contribution is 2.21. The van der Waals surface area contributed by atoms with E-state index < -0.39 is 0 Å². The van der Waals surface area contributed by atoms with Crippen LogP contribution in [0.1, 0.15) is 19.4 Å². The van der Waals surface area contributed by atoms with Gasteiger partial charge in [-0.1, -0.05) is 45.7 Å². The lowest BCUT2D eigenvalue weighted by atomic mass is 10.2. The molecule has 1 N–H and O–H groups in total. The monoisotopic (exact) mass is 363 g/mol. The zero-order valence-electron chi connectivity index (χ0n) is 10.3. The van der Waals surface area contributed by atoms with Gasteiger partial charge in [0.15, 0.2) is 0 Å². The molecule has 1 rings (SSSR count). The van der Waals surface area contributed by atoms with Crippen LogP contribution in [0.25, 0.3) is 0 Å². The van der Waals surface area contributed by atoms with Gasteiger partial charge in [0.2, 0.25) is 0 Å². The molecule has 0 unspecified atom stereocenters. The molecule has 0 amide bonds. The Morgan fingerprint density at radius 3 is 2.71 bits per heavy atom. The molecule has 1 aromatic rings. The summed E-state index contributed by atoms with van der Waals surface area (Å²) in [7, 11) is 0. The van der Waals surface area contributed by atoms with Gasteiger partial charge >= 0.3 is 0 Å². The van der Waals surface area contributed by atoms with Crippen molar-refractivity contribution >= 4 is 31.9 Å². The number of hydrogen-bond acceptors (Lipinski definition) is 2. The van der Waals surface area contributed by atoms with Crippen LogP contribution in [-0.4, -0.2) is 25.8 Å². The van der Waals surface area contributed by atoms with E-state index in [1.165, 1.54) is 5.56 Å². The first kappa shape index (κ1) is 15.2. The maximum atomic E-state index is 5.58. The van der Waals surface area contributed by atoms with Gasteiger partial charge in [-0.2, -0.15) is 0 Å². The van der Waals surface area contributed by atoms with Crippen LogP contribution >= 0.6 is 31.9 Å². The first-order valence-electron chi connectivity index (χ1n) is 5.84. The molecular weight excluding hydrogens is 346 g/mol. The maximum Gasteiger partial charge on any atom is 0.0591 e. The van der Waals surface area contributed by atoms with E-state index in [9.17, 15) is 0 Å². The number of benzene rings is 1. The molecule has 0 radical (unpaired) electrons. The molecule has 0 fully saturated rings. The lowest BCUT2D eigenvalue weighted by Gasteiger charge is -2.09. The van der Waals surface area contributed by atoms with Crippen LogP contribution in [0.5, 0.6) is 0 Å². The highest BCUT2D eigenvalue weighted by atomic mass is 79.9. The molecule has 0 aliphatic heterocycles. The molecule has 0 atom stereocenters. The van der Waals surface area contributed by atoms with Crippen LogP contribution in [0.3, 0.4) is 0 Å². The second kappa shape index (κ2) is 8.25. The molecule has 0 aliphatic rings. The molecule has 0 saturated heterocycles. The van der Waals surface area contributed by atoms with Gasteiger partial charge in [-0.05, 0) is 30.2 Å². The summed E-state index contributed by atoms with van der Waals surface area (Å²) in [5.74, 6) is 0. The summed E-state index contributed by atoms with van der Waals surface area (Å²) in [5, 5.41) is 3.32. The van der Waals surface area contributed by atoms with Gasteiger partial charge < -0.3 is 10.1 Å². The molecule has 96 valence electrons. The lowest BCUT2D eigenvalue weighted by Crippen LogP contribution is -2.26. The number of ether oxygens (including phenoxy) is 1. The second-order valence-electron chi connectivity index (χ2n) is 4.21. The standard InChI is InChI=1S/C13H19Br2NO/c1-10(2)16-6-8-17-7-5-11-9-12(14)3-4-13(11)15/h3-4,9-10,16H,5-8H2,1-2H3. The summed E-state index contributed by atoms with van der Waals surface area (Å²) in [6, 6.07) is 6.73. The number of halogens is 2. The predicted octanol–water partition coefficient (Wildman–Crippen LogP) is 3.77. The maximum absolute atomic E-state index is 5.58. The van der Waals surface area contributed by atoms with E-state index in [2.05, 4.69) is 63.2 Å². The van der Waals surface area contributed by atoms with Gasteiger partial charge in [0.25, 0.3) is 0 Å². The Hall–Kier alpha value is 0.1000. The van der Waals surface area contributed by atoms with E-state index in [-0.39, 0.29) is 0 Å². The van der Waals surface area contributed by atoms with Crippen LogP contribution in [0.4, 0.5) is 0 Å². The zero-order valence-corrected chi connectivity index (χ0v) is 13.5. The number of rotatable bonds is 7. The minimum absolute atomic E-state index is 0.526. The van der Waals surface area contributed by atoms with Crippen molar-refractivity contribution in [3.63, 3.8) is 0 Å². The van der Waals surface area contributed by atoms with Crippen molar-refractivity contribution in [2.24, 2.45) is 0 Å². The smallest absolute Gasteiger partial charge is 0.0591 e. The van der Waals surface area contributed by atoms with Gasteiger partial charge in [-0.25, -0.2) is 0 Å². The Morgan fingerprint density at radius 1 is 1.24 bits per heavy atom. The Labute approximate surface area is 120 Å². The fourth-order valence-corrected chi connectivity index (χ4v) is 2.29. The third-order valence-electron chi connectivity index (χ3n) is 2.32. The topological polar surface area (TPSA) is 21.3 Å². The summed E-state index contributed by atoms with van der Waals surface area (Å²) in [6.07, 6.45) is 0.932. The normalized spacial score (nSPS) is 11.1. The third-order valence-corrected chi connectivity index (χ3v) is 3.59. The quantitative estimate of drug-likeness (QED) is 0.743. The Balaban J connectivity index is 2.20. The summed E-state index contributed by atoms with van der Waals surface area (Å²) in [6.45, 7) is 6.72. The molecule has 0 bridgehead atoms. The van der Waals surface area contributed by atoms with Gasteiger partial charge in [0, 0.05) is 21.5 Å². The van der Waals surface area contributed by atoms with Crippen molar-refractivity contribution in [3.05, 3.63) is 32.7 Å². The van der Waals surface area contributed by atoms with Crippen molar-refractivity contribution in [1.82, 2.24) is 5.32 Å². The van der Waals surface area contributed by atoms with Crippen LogP contribution in [0.2, 0.25) is 0 Å². The lowest BCUT2D eigenvalue weighted by molar-refractivity contribution is 0.137. The zero-order chi connectivity index (χ0) is 12.7. The van der Waals surface area contributed by atoms with Crippen LogP contribution in [0.15, 0.2) is 27.1 Å². The van der Waals surface area contributed by atoms with Gasteiger partial charge in [0.05, 0.1) is 13.2 Å². The fraction of sp³-hybridized carbons (Fsp3) is 0.538. The summed E-state index contributed by atoms with van der Waals surface area (Å²) >= 11 is 7.02. The van der Waals surface area contributed by atoms with Gasteiger partial charge in [-0.15, -0.1) is 0 Å². The van der Waals surface area contributed by atoms with E-state index in [0.29, 0.717) is 6.04 Å². The van der Waals surface area contributed by atoms with Crippen LogP contribution in [0, 0.1) is 0 Å². The summed E-state index contributed by atoms with van der Waals surface area (Å²) < 4.78 is 7.84. The molecular formula is C13H19Br2NO. The molecule has 0 saturated carbocycles. The first-order valence-corrected chi connectivity index (χ1v) is 7.43. The fourth-order valence-electron chi connectivity index (χ4n) is 1.44. The minimum Gasteiger partial charge on any atom is -0.380 e. The van der Waals surface area contributed by atoms with Gasteiger partial charge in [0.1, 0.15) is 0 Å². The largest absolute Gasteiger partial charge is 0.380 e. The highest BCUT2D eigenvalue weighted by molar-refractivity contribution is 9.11. The van der Waals surface area contributed by atoms with Crippen molar-refractivity contribution in [3.8, 4) is 0 Å². The molecule has 0 spiro atoms. The first-order chi connectivity index (χ1) is 8.09. The number of hydrogen-bond donors (Lipinski definition) is 1. The van der Waals surface area contributed by atoms with Crippen molar-refractivity contribution < 1.29 is 4.74 Å². The van der Waals surface area contributed by atoms with E-state index >= 15 is 0 Å². The average Bonchev–Trinajstić information content (AvgIpc) is 2.27. The Bertz CT molecular complexity index is 342. The summed E-state index contributed by atoms with van der Waals surface area (Å²) in [5.41, 5.74) is 1.27. The second-order valence-corrected chi connectivity index (χ2v) is 5.98. The van der Waals surface area contributed by atoms with Gasteiger partial charge in [-0.3, -0.25) is 0 Å². The average molecular weight is 365 g/mol. The van der Waals surface area contributed by atoms with E-state index in [4.69, 9.17) is 4.74 Å². The highest BCUT2D eigenvalue weighted by Gasteiger charge is 2.00. The van der Waals surface area contributed by atoms with Crippen LogP contribution < -0.4 is 5.32 Å². The van der Waals surface area contributed by atoms with Crippen molar-refractivity contribution in [2.45, 2.75) is 26.3 Å². The molecule has 4 heteroatoms. The van der Waals surface area contributed by atoms with E-state index in [1.807, 2.05) is 6.07 Å². The molecule has 0 heterocycles.